The van der Waals surface area contributed by atoms with Crippen molar-refractivity contribution < 1.29 is 14.3 Å². The van der Waals surface area contributed by atoms with Crippen molar-refractivity contribution in [2.24, 2.45) is 0 Å². The minimum atomic E-state index is -0.114. The molecule has 0 aromatic rings. The third kappa shape index (κ3) is 11.0. The first kappa shape index (κ1) is 17.8. The van der Waals surface area contributed by atoms with Crippen LogP contribution in [0.1, 0.15) is 46.0 Å². The van der Waals surface area contributed by atoms with Gasteiger partial charge in [0.15, 0.2) is 5.12 Å². The van der Waals surface area contributed by atoms with E-state index < -0.39 is 0 Å². The minimum Gasteiger partial charge on any atom is -0.466 e. The Bertz CT molecular complexity index is 244. The number of carbonyl (C=O) groups is 2. The molecule has 106 valence electrons. The highest BCUT2D eigenvalue weighted by molar-refractivity contribution is 8.14. The summed E-state index contributed by atoms with van der Waals surface area (Å²) in [5.74, 6) is 0.973. The van der Waals surface area contributed by atoms with Crippen molar-refractivity contribution in [1.82, 2.24) is 0 Å². The number of hydrogen-bond acceptors (Lipinski definition) is 5. The van der Waals surface area contributed by atoms with Gasteiger partial charge < -0.3 is 4.74 Å². The highest BCUT2D eigenvalue weighted by atomic mass is 32.2. The Hall–Kier alpha value is -0.160. The summed E-state index contributed by atoms with van der Waals surface area (Å²) in [7, 11) is 0. The van der Waals surface area contributed by atoms with E-state index in [1.807, 2.05) is 18.7 Å². The zero-order valence-electron chi connectivity index (χ0n) is 11.6. The lowest BCUT2D eigenvalue weighted by Crippen LogP contribution is -2.08. The lowest BCUT2D eigenvalue weighted by Gasteiger charge is -2.13. The summed E-state index contributed by atoms with van der Waals surface area (Å²) in [6, 6.07) is 0. The predicted octanol–water partition coefficient (Wildman–Crippen LogP) is 3.51. The average Bonchev–Trinajstić information content (AvgIpc) is 2.31. The Balaban J connectivity index is 3.74. The smallest absolute Gasteiger partial charge is 0.305 e. The highest BCUT2D eigenvalue weighted by Crippen LogP contribution is 2.23. The van der Waals surface area contributed by atoms with E-state index in [9.17, 15) is 9.59 Å². The van der Waals surface area contributed by atoms with Crippen LogP contribution in [0.4, 0.5) is 0 Å². The summed E-state index contributed by atoms with van der Waals surface area (Å²) >= 11 is 3.25. The molecule has 0 fully saturated rings. The molecule has 0 rings (SSSR count). The minimum absolute atomic E-state index is 0.114. The molecule has 0 spiro atoms. The summed E-state index contributed by atoms with van der Waals surface area (Å²) in [6.45, 7) is 3.89. The van der Waals surface area contributed by atoms with Gasteiger partial charge in [-0.25, -0.2) is 0 Å². The fraction of sp³-hybridized carbons (Fsp3) is 0.846. The fourth-order valence-corrected chi connectivity index (χ4v) is 3.28. The molecule has 0 aliphatic heterocycles. The number of ether oxygens (including phenoxy) is 1. The zero-order valence-corrected chi connectivity index (χ0v) is 13.2. The van der Waals surface area contributed by atoms with Gasteiger partial charge in [0, 0.05) is 18.6 Å². The van der Waals surface area contributed by atoms with Gasteiger partial charge in [0.1, 0.15) is 0 Å². The van der Waals surface area contributed by atoms with E-state index in [2.05, 4.69) is 6.26 Å². The lowest BCUT2D eigenvalue weighted by molar-refractivity contribution is -0.143. The Labute approximate surface area is 119 Å². The molecule has 0 aromatic heterocycles. The molecule has 0 aliphatic carbocycles. The van der Waals surface area contributed by atoms with Crippen molar-refractivity contribution in [1.29, 1.82) is 0 Å². The molecule has 1 unspecified atom stereocenters. The van der Waals surface area contributed by atoms with Crippen LogP contribution in [-0.4, -0.2) is 35.0 Å². The van der Waals surface area contributed by atoms with Crippen molar-refractivity contribution in [3.05, 3.63) is 0 Å². The van der Waals surface area contributed by atoms with Crippen molar-refractivity contribution >= 4 is 34.6 Å². The van der Waals surface area contributed by atoms with Gasteiger partial charge in [-0.15, -0.1) is 0 Å². The van der Waals surface area contributed by atoms with E-state index >= 15 is 0 Å². The molecule has 5 heteroatoms. The normalized spacial score (nSPS) is 12.2. The van der Waals surface area contributed by atoms with Gasteiger partial charge in [-0.05, 0) is 38.2 Å². The number of unbranched alkanes of at least 4 members (excludes halogenated alkanes) is 1. The van der Waals surface area contributed by atoms with E-state index in [-0.39, 0.29) is 11.1 Å². The molecule has 18 heavy (non-hydrogen) atoms. The van der Waals surface area contributed by atoms with Gasteiger partial charge in [-0.3, -0.25) is 9.59 Å². The van der Waals surface area contributed by atoms with Crippen LogP contribution in [0.2, 0.25) is 0 Å². The summed E-state index contributed by atoms with van der Waals surface area (Å²) < 4.78 is 4.88. The number of esters is 1. The van der Waals surface area contributed by atoms with Crippen molar-refractivity contribution in [2.45, 2.75) is 51.2 Å². The van der Waals surface area contributed by atoms with Gasteiger partial charge in [0.05, 0.1) is 6.61 Å². The molecule has 0 amide bonds. The highest BCUT2D eigenvalue weighted by Gasteiger charge is 2.12. The molecule has 0 bridgehead atoms. The second-order valence-corrected chi connectivity index (χ2v) is 6.53. The van der Waals surface area contributed by atoms with Gasteiger partial charge in [0.2, 0.25) is 0 Å². The standard InChI is InChI=1S/C13H24O3S2/c1-4-16-13(15)8-6-5-7-12(9-10-17-3)18-11(2)14/h12H,4-10H2,1-3H3. The first-order valence-electron chi connectivity index (χ1n) is 6.41. The second kappa shape index (κ2) is 11.9. The summed E-state index contributed by atoms with van der Waals surface area (Å²) in [5.41, 5.74) is 0. The van der Waals surface area contributed by atoms with E-state index in [1.165, 1.54) is 11.8 Å². The molecule has 0 aromatic carbocycles. The van der Waals surface area contributed by atoms with Crippen LogP contribution in [0, 0.1) is 0 Å². The quantitative estimate of drug-likeness (QED) is 0.455. The van der Waals surface area contributed by atoms with Gasteiger partial charge in [-0.1, -0.05) is 18.2 Å². The second-order valence-electron chi connectivity index (χ2n) is 4.06. The Kier molecular flexibility index (Phi) is 11.8. The average molecular weight is 292 g/mol. The van der Waals surface area contributed by atoms with Crippen LogP contribution < -0.4 is 0 Å². The van der Waals surface area contributed by atoms with Crippen LogP contribution in [0.15, 0.2) is 0 Å². The largest absolute Gasteiger partial charge is 0.466 e. The summed E-state index contributed by atoms with van der Waals surface area (Å²) in [5, 5.41) is 0.587. The van der Waals surface area contributed by atoms with Gasteiger partial charge >= 0.3 is 5.97 Å². The van der Waals surface area contributed by atoms with Gasteiger partial charge in [-0.2, -0.15) is 11.8 Å². The van der Waals surface area contributed by atoms with Crippen LogP contribution in [0.25, 0.3) is 0 Å². The van der Waals surface area contributed by atoms with Gasteiger partial charge in [0.25, 0.3) is 0 Å². The zero-order chi connectivity index (χ0) is 13.8. The number of hydrogen-bond donors (Lipinski definition) is 0. The van der Waals surface area contributed by atoms with E-state index in [1.54, 1.807) is 6.92 Å². The molecule has 0 aliphatic rings. The first-order valence-corrected chi connectivity index (χ1v) is 8.69. The molecule has 0 saturated heterocycles. The maximum Gasteiger partial charge on any atom is 0.305 e. The number of thioether (sulfide) groups is 2. The SMILES string of the molecule is CCOC(=O)CCCCC(CCSC)SC(C)=O. The van der Waals surface area contributed by atoms with E-state index in [4.69, 9.17) is 4.74 Å². The van der Waals surface area contributed by atoms with E-state index in [0.29, 0.717) is 18.3 Å². The van der Waals surface area contributed by atoms with Crippen LogP contribution in [-0.2, 0) is 14.3 Å². The lowest BCUT2D eigenvalue weighted by atomic mass is 10.1. The molecular formula is C13H24O3S2. The summed E-state index contributed by atoms with van der Waals surface area (Å²) in [4.78, 5) is 22.3. The molecule has 0 heterocycles. The third-order valence-electron chi connectivity index (χ3n) is 2.44. The van der Waals surface area contributed by atoms with Crippen LogP contribution >= 0.6 is 23.5 Å². The number of rotatable bonds is 10. The molecule has 0 N–H and O–H groups in total. The van der Waals surface area contributed by atoms with Crippen molar-refractivity contribution in [2.75, 3.05) is 18.6 Å². The maximum absolute atomic E-state index is 11.2. The predicted molar refractivity (Wildman–Crippen MR) is 80.2 cm³/mol. The fourth-order valence-electron chi connectivity index (χ4n) is 1.62. The van der Waals surface area contributed by atoms with Crippen LogP contribution in [0.5, 0.6) is 0 Å². The molecule has 3 nitrogen and oxygen atoms in total. The molecule has 0 radical (unpaired) electrons. The Morgan fingerprint density at radius 2 is 1.94 bits per heavy atom. The summed E-state index contributed by atoms with van der Waals surface area (Å²) in [6.07, 6.45) is 6.48. The Morgan fingerprint density at radius 1 is 1.22 bits per heavy atom. The molecule has 0 saturated carbocycles. The maximum atomic E-state index is 11.2. The van der Waals surface area contributed by atoms with Crippen LogP contribution in [0.3, 0.4) is 0 Å². The van der Waals surface area contributed by atoms with Crippen molar-refractivity contribution in [3.8, 4) is 0 Å². The molecular weight excluding hydrogens is 268 g/mol. The monoisotopic (exact) mass is 292 g/mol. The molecule has 1 atom stereocenters. The van der Waals surface area contributed by atoms with E-state index in [0.717, 1.165) is 31.4 Å². The Morgan fingerprint density at radius 3 is 2.50 bits per heavy atom. The third-order valence-corrected chi connectivity index (χ3v) is 4.22. The topological polar surface area (TPSA) is 43.4 Å². The first-order chi connectivity index (χ1) is 8.60. The number of carbonyl (C=O) groups excluding carboxylic acids is 2. The van der Waals surface area contributed by atoms with Crippen molar-refractivity contribution in [3.63, 3.8) is 0 Å².